The number of nitrogens with one attached hydrogen (secondary N) is 1. The lowest BCUT2D eigenvalue weighted by atomic mass is 9.86. The molecule has 1 aliphatic heterocycles. The Kier molecular flexibility index (Phi) is 8.84. The molecule has 1 heterocycles. The zero-order chi connectivity index (χ0) is 29.7. The van der Waals surface area contributed by atoms with E-state index in [9.17, 15) is 27.9 Å². The number of alkyl halides is 3. The standard InChI is InChI=1S/C32H34F3N3O4/c33-32(34,35)22-36-30(41)42-31(26-14-6-4-12-24(26)25-13-5-7-15-27(25)31)16-8-9-17-37-18-20-38(21-19-37)29(40)28(39)23-10-2-1-3-11-23/h1-7,10-15,28,39H,8-9,16-22H2,(H,36,41). The lowest BCUT2D eigenvalue weighted by Crippen LogP contribution is -2.50. The van der Waals surface area contributed by atoms with Crippen LogP contribution in [-0.4, -0.2) is 72.4 Å². The number of piperazine rings is 1. The summed E-state index contributed by atoms with van der Waals surface area (Å²) in [5.41, 5.74) is 2.69. The average molecular weight is 582 g/mol. The molecule has 0 aromatic heterocycles. The first kappa shape index (κ1) is 29.6. The summed E-state index contributed by atoms with van der Waals surface area (Å²) < 4.78 is 44.3. The van der Waals surface area contributed by atoms with Gasteiger partial charge in [-0.25, -0.2) is 4.79 Å². The number of alkyl carbamates (subject to hydrolysis) is 1. The van der Waals surface area contributed by atoms with E-state index < -0.39 is 30.5 Å². The number of unbranched alkanes of at least 4 members (excludes halogenated alkanes) is 1. The maximum atomic E-state index is 12.8. The van der Waals surface area contributed by atoms with E-state index in [4.69, 9.17) is 4.74 Å². The van der Waals surface area contributed by atoms with Crippen molar-refractivity contribution in [3.05, 3.63) is 95.6 Å². The van der Waals surface area contributed by atoms with E-state index in [-0.39, 0.29) is 5.91 Å². The third kappa shape index (κ3) is 6.44. The van der Waals surface area contributed by atoms with Gasteiger partial charge in [-0.05, 0) is 42.5 Å². The quantitative estimate of drug-likeness (QED) is 0.338. The fourth-order valence-corrected chi connectivity index (χ4v) is 5.93. The molecule has 2 amide bonds. The van der Waals surface area contributed by atoms with E-state index in [0.29, 0.717) is 44.6 Å². The average Bonchev–Trinajstić information content (AvgIpc) is 3.27. The Morgan fingerprint density at radius 3 is 2.02 bits per heavy atom. The minimum Gasteiger partial charge on any atom is -0.433 e. The van der Waals surface area contributed by atoms with Gasteiger partial charge in [0.2, 0.25) is 0 Å². The van der Waals surface area contributed by atoms with Gasteiger partial charge in [0.05, 0.1) is 0 Å². The fraction of sp³-hybridized carbons (Fsp3) is 0.375. The fourth-order valence-electron chi connectivity index (χ4n) is 5.93. The van der Waals surface area contributed by atoms with Gasteiger partial charge in [0.25, 0.3) is 5.91 Å². The number of benzene rings is 3. The molecule has 3 aromatic carbocycles. The minimum atomic E-state index is -4.55. The molecule has 1 atom stereocenters. The van der Waals surface area contributed by atoms with Gasteiger partial charge >= 0.3 is 12.3 Å². The molecule has 222 valence electrons. The van der Waals surface area contributed by atoms with Crippen LogP contribution >= 0.6 is 0 Å². The molecule has 1 aliphatic carbocycles. The number of nitrogens with zero attached hydrogens (tertiary/aromatic N) is 2. The van der Waals surface area contributed by atoms with Crippen LogP contribution in [0, 0.1) is 0 Å². The van der Waals surface area contributed by atoms with E-state index in [1.54, 1.807) is 29.2 Å². The SMILES string of the molecule is O=C(NCC(F)(F)F)OC1(CCCCN2CCN(C(=O)C(O)c3ccccc3)CC2)c2ccccc2-c2ccccc21. The third-order valence-electron chi connectivity index (χ3n) is 8.00. The number of hydrogen-bond acceptors (Lipinski definition) is 5. The molecule has 2 aliphatic rings. The van der Waals surface area contributed by atoms with Gasteiger partial charge < -0.3 is 20.1 Å². The van der Waals surface area contributed by atoms with Gasteiger partial charge in [-0.1, -0.05) is 78.9 Å². The maximum absolute atomic E-state index is 12.8. The van der Waals surface area contributed by atoms with Crippen LogP contribution in [0.3, 0.4) is 0 Å². The number of hydrogen-bond donors (Lipinski definition) is 2. The van der Waals surface area contributed by atoms with Gasteiger partial charge in [0.1, 0.15) is 6.54 Å². The molecule has 10 heteroatoms. The molecule has 2 N–H and O–H groups in total. The highest BCUT2D eigenvalue weighted by Gasteiger charge is 2.46. The lowest BCUT2D eigenvalue weighted by Gasteiger charge is -2.36. The zero-order valence-corrected chi connectivity index (χ0v) is 23.1. The largest absolute Gasteiger partial charge is 0.433 e. The van der Waals surface area contributed by atoms with Crippen molar-refractivity contribution in [1.82, 2.24) is 15.1 Å². The zero-order valence-electron chi connectivity index (χ0n) is 23.1. The number of halogens is 3. The normalized spacial score (nSPS) is 16.8. The second-order valence-corrected chi connectivity index (χ2v) is 10.7. The highest BCUT2D eigenvalue weighted by atomic mass is 19.4. The summed E-state index contributed by atoms with van der Waals surface area (Å²) >= 11 is 0. The Labute approximate surface area is 242 Å². The second-order valence-electron chi connectivity index (χ2n) is 10.7. The van der Waals surface area contributed by atoms with Crippen molar-refractivity contribution < 1.29 is 32.6 Å². The topological polar surface area (TPSA) is 82.1 Å². The van der Waals surface area contributed by atoms with Crippen LogP contribution in [0.25, 0.3) is 11.1 Å². The van der Waals surface area contributed by atoms with Crippen molar-refractivity contribution in [3.8, 4) is 11.1 Å². The van der Waals surface area contributed by atoms with Gasteiger partial charge in [-0.2, -0.15) is 13.2 Å². The summed E-state index contributed by atoms with van der Waals surface area (Å²) in [6.45, 7) is 1.64. The molecule has 1 fully saturated rings. The highest BCUT2D eigenvalue weighted by molar-refractivity contribution is 5.83. The van der Waals surface area contributed by atoms with Crippen molar-refractivity contribution in [1.29, 1.82) is 0 Å². The Morgan fingerprint density at radius 2 is 1.43 bits per heavy atom. The number of aliphatic hydroxyl groups excluding tert-OH is 1. The Morgan fingerprint density at radius 1 is 0.857 bits per heavy atom. The predicted octanol–water partition coefficient (Wildman–Crippen LogP) is 5.25. The molecule has 5 rings (SSSR count). The van der Waals surface area contributed by atoms with E-state index >= 15 is 0 Å². The molecule has 0 saturated carbocycles. The first-order valence-electron chi connectivity index (χ1n) is 14.1. The molecule has 1 unspecified atom stereocenters. The summed E-state index contributed by atoms with van der Waals surface area (Å²) in [5.74, 6) is -0.303. The highest BCUT2D eigenvalue weighted by Crippen LogP contribution is 2.52. The lowest BCUT2D eigenvalue weighted by molar-refractivity contribution is -0.142. The summed E-state index contributed by atoms with van der Waals surface area (Å²) in [4.78, 5) is 29.4. The molecule has 42 heavy (non-hydrogen) atoms. The number of amides is 2. The van der Waals surface area contributed by atoms with Crippen LogP contribution in [0.15, 0.2) is 78.9 Å². The van der Waals surface area contributed by atoms with Crippen LogP contribution in [-0.2, 0) is 15.1 Å². The van der Waals surface area contributed by atoms with Crippen LogP contribution in [0.2, 0.25) is 0 Å². The van der Waals surface area contributed by atoms with Gasteiger partial charge in [-0.3, -0.25) is 9.69 Å². The Hall–Kier alpha value is -3.89. The van der Waals surface area contributed by atoms with Gasteiger partial charge in [0.15, 0.2) is 11.7 Å². The van der Waals surface area contributed by atoms with E-state index in [1.807, 2.05) is 59.9 Å². The van der Waals surface area contributed by atoms with Crippen LogP contribution in [0.1, 0.15) is 42.1 Å². The number of carbonyl (C=O) groups is 2. The van der Waals surface area contributed by atoms with Crippen molar-refractivity contribution in [2.45, 2.75) is 37.1 Å². The molecule has 0 radical (unpaired) electrons. The smallest absolute Gasteiger partial charge is 0.408 e. The molecule has 0 spiro atoms. The predicted molar refractivity (Wildman–Crippen MR) is 151 cm³/mol. The Balaban J connectivity index is 1.21. The van der Waals surface area contributed by atoms with Crippen molar-refractivity contribution in [3.63, 3.8) is 0 Å². The van der Waals surface area contributed by atoms with Crippen molar-refractivity contribution in [2.75, 3.05) is 39.3 Å². The number of fused-ring (bicyclic) bond motifs is 3. The number of aliphatic hydroxyl groups is 1. The summed E-state index contributed by atoms with van der Waals surface area (Å²) in [5, 5.41) is 12.3. The molecule has 1 saturated heterocycles. The molecule has 0 bridgehead atoms. The summed E-state index contributed by atoms with van der Waals surface area (Å²) in [7, 11) is 0. The monoisotopic (exact) mass is 581 g/mol. The molecular weight excluding hydrogens is 547 g/mol. The van der Waals surface area contributed by atoms with Crippen LogP contribution < -0.4 is 5.32 Å². The van der Waals surface area contributed by atoms with E-state index in [0.717, 1.165) is 35.2 Å². The summed E-state index contributed by atoms with van der Waals surface area (Å²) in [6, 6.07) is 23.9. The summed E-state index contributed by atoms with van der Waals surface area (Å²) in [6.07, 6.45) is -5.02. The first-order chi connectivity index (χ1) is 20.2. The molecule has 7 nitrogen and oxygen atoms in total. The van der Waals surface area contributed by atoms with Gasteiger partial charge in [0, 0.05) is 37.3 Å². The van der Waals surface area contributed by atoms with Gasteiger partial charge in [-0.15, -0.1) is 0 Å². The van der Waals surface area contributed by atoms with Crippen molar-refractivity contribution in [2.24, 2.45) is 0 Å². The van der Waals surface area contributed by atoms with E-state index in [2.05, 4.69) is 4.90 Å². The maximum Gasteiger partial charge on any atom is 0.408 e. The van der Waals surface area contributed by atoms with Crippen LogP contribution in [0.4, 0.5) is 18.0 Å². The number of carbonyl (C=O) groups excluding carboxylic acids is 2. The Bertz CT molecular complexity index is 1350. The van der Waals surface area contributed by atoms with Crippen LogP contribution in [0.5, 0.6) is 0 Å². The van der Waals surface area contributed by atoms with Crippen molar-refractivity contribution >= 4 is 12.0 Å². The number of ether oxygens (including phenoxy) is 1. The van der Waals surface area contributed by atoms with E-state index in [1.165, 1.54) is 0 Å². The first-order valence-corrected chi connectivity index (χ1v) is 14.1. The molecule has 3 aromatic rings. The second kappa shape index (κ2) is 12.5. The third-order valence-corrected chi connectivity index (χ3v) is 8.00. The molecular formula is C32H34F3N3O4. The number of rotatable bonds is 9. The minimum absolute atomic E-state index is 0.303.